The van der Waals surface area contributed by atoms with Crippen LogP contribution in [0.3, 0.4) is 0 Å². The summed E-state index contributed by atoms with van der Waals surface area (Å²) >= 11 is 1.85. The first kappa shape index (κ1) is 36.3. The summed E-state index contributed by atoms with van der Waals surface area (Å²) in [5.41, 5.74) is 14.6. The van der Waals surface area contributed by atoms with Gasteiger partial charge in [-0.25, -0.2) is 15.0 Å². The van der Waals surface area contributed by atoms with Gasteiger partial charge < -0.3 is 0 Å². The molecule has 0 N–H and O–H groups in total. The maximum atomic E-state index is 5.17. The van der Waals surface area contributed by atoms with E-state index in [0.717, 1.165) is 33.4 Å². The van der Waals surface area contributed by atoms with Crippen LogP contribution in [0, 0.1) is 0 Å². The van der Waals surface area contributed by atoms with E-state index < -0.39 is 0 Å². The highest BCUT2D eigenvalue weighted by molar-refractivity contribution is 7.26. The number of thiophene rings is 1. The molecule has 11 rings (SSSR count). The van der Waals surface area contributed by atoms with Gasteiger partial charge in [-0.2, -0.15) is 0 Å². The van der Waals surface area contributed by atoms with Gasteiger partial charge in [0.25, 0.3) is 0 Å². The number of rotatable bonds is 8. The molecule has 0 radical (unpaired) electrons. The summed E-state index contributed by atoms with van der Waals surface area (Å²) in [6.45, 7) is 0. The fraction of sp³-hybridized carbons (Fsp3) is 0. The predicted molar refractivity (Wildman–Crippen MR) is 256 cm³/mol. The van der Waals surface area contributed by atoms with Crippen LogP contribution in [0.15, 0.2) is 224 Å². The van der Waals surface area contributed by atoms with Crippen molar-refractivity contribution < 1.29 is 0 Å². The summed E-state index contributed by atoms with van der Waals surface area (Å²) < 4.78 is 2.52. The standard InChI is InChI=1S/C57H37N3S/c1-5-14-38(15-6-1)41-24-28-44(29-25-41)55-58-56(45-30-26-42(27-31-45)39-16-7-2-8-17-39)60-57(59-55)48-23-13-22-47(36-48)50-34-33-49(43-20-11-4-12-21-43)53-51-37-46(40-18-9-3-10-19-40)32-35-52(51)61-54(50)53/h1-37H. The molecule has 2 aromatic heterocycles. The highest BCUT2D eigenvalue weighted by atomic mass is 32.1. The first-order valence-corrected chi connectivity index (χ1v) is 21.3. The van der Waals surface area contributed by atoms with Gasteiger partial charge >= 0.3 is 0 Å². The van der Waals surface area contributed by atoms with E-state index in [1.807, 2.05) is 23.5 Å². The summed E-state index contributed by atoms with van der Waals surface area (Å²) in [5, 5.41) is 2.54. The number of aromatic nitrogens is 3. The second kappa shape index (κ2) is 15.8. The van der Waals surface area contributed by atoms with Crippen molar-refractivity contribution in [1.29, 1.82) is 0 Å². The largest absolute Gasteiger partial charge is 0.208 e. The van der Waals surface area contributed by atoms with Crippen LogP contribution in [0.5, 0.6) is 0 Å². The van der Waals surface area contributed by atoms with Crippen LogP contribution in [-0.2, 0) is 0 Å². The Morgan fingerprint density at radius 1 is 0.262 bits per heavy atom. The van der Waals surface area contributed by atoms with Crippen LogP contribution in [-0.4, -0.2) is 15.0 Å². The molecule has 0 atom stereocenters. The fourth-order valence-corrected chi connectivity index (χ4v) is 9.49. The Hall–Kier alpha value is -7.79. The number of benzene rings is 9. The molecule has 286 valence electrons. The molecule has 0 aliphatic carbocycles. The topological polar surface area (TPSA) is 38.7 Å². The highest BCUT2D eigenvalue weighted by Crippen LogP contribution is 2.46. The molecule has 0 saturated carbocycles. The third kappa shape index (κ3) is 7.09. The number of fused-ring (bicyclic) bond motifs is 3. The summed E-state index contributed by atoms with van der Waals surface area (Å²) in [7, 11) is 0. The van der Waals surface area contributed by atoms with E-state index in [9.17, 15) is 0 Å². The maximum Gasteiger partial charge on any atom is 0.164 e. The van der Waals surface area contributed by atoms with Crippen molar-refractivity contribution in [3.63, 3.8) is 0 Å². The average Bonchev–Trinajstić information content (AvgIpc) is 3.74. The molecule has 9 aromatic carbocycles. The van der Waals surface area contributed by atoms with Crippen LogP contribution >= 0.6 is 11.3 Å². The minimum absolute atomic E-state index is 0.627. The average molecular weight is 796 g/mol. The third-order valence-corrected chi connectivity index (χ3v) is 12.6. The summed E-state index contributed by atoms with van der Waals surface area (Å²) in [5.74, 6) is 1.89. The van der Waals surface area contributed by atoms with E-state index in [0.29, 0.717) is 17.5 Å². The molecule has 0 aliphatic rings. The van der Waals surface area contributed by atoms with Gasteiger partial charge in [0.2, 0.25) is 0 Å². The quantitative estimate of drug-likeness (QED) is 0.154. The molecule has 11 aromatic rings. The number of nitrogens with zero attached hydrogens (tertiary/aromatic N) is 3. The predicted octanol–water partition coefficient (Wildman–Crippen LogP) is 15.6. The van der Waals surface area contributed by atoms with Crippen molar-refractivity contribution in [1.82, 2.24) is 15.0 Å². The molecule has 4 heteroatoms. The summed E-state index contributed by atoms with van der Waals surface area (Å²) in [6, 6.07) is 79.4. The van der Waals surface area contributed by atoms with E-state index in [1.165, 1.54) is 59.1 Å². The van der Waals surface area contributed by atoms with Crippen LogP contribution in [0.2, 0.25) is 0 Å². The lowest BCUT2D eigenvalue weighted by molar-refractivity contribution is 1.07. The first-order chi connectivity index (χ1) is 30.2. The normalized spacial score (nSPS) is 11.3. The SMILES string of the molecule is c1ccc(-c2ccc(-c3nc(-c4ccc(-c5ccccc5)cc4)nc(-c4cccc(-c5ccc(-c6ccccc6)c6c5sc5ccc(-c7ccccc7)cc56)c4)n3)cc2)cc1. The molecule has 2 heterocycles. The molecule has 61 heavy (non-hydrogen) atoms. The van der Waals surface area contributed by atoms with Gasteiger partial charge in [0.05, 0.1) is 0 Å². The van der Waals surface area contributed by atoms with Crippen molar-refractivity contribution >= 4 is 31.5 Å². The van der Waals surface area contributed by atoms with Crippen molar-refractivity contribution in [2.45, 2.75) is 0 Å². The Morgan fingerprint density at radius 3 is 1.20 bits per heavy atom. The smallest absolute Gasteiger partial charge is 0.164 e. The second-order valence-electron chi connectivity index (χ2n) is 15.2. The second-order valence-corrected chi connectivity index (χ2v) is 16.2. The summed E-state index contributed by atoms with van der Waals surface area (Å²) in [4.78, 5) is 15.4. The maximum absolute atomic E-state index is 5.17. The Labute approximate surface area is 359 Å². The lowest BCUT2D eigenvalue weighted by atomic mass is 9.93. The minimum atomic E-state index is 0.627. The fourth-order valence-electron chi connectivity index (χ4n) is 8.25. The van der Waals surface area contributed by atoms with Gasteiger partial charge in [0.1, 0.15) is 0 Å². The molecule has 0 fully saturated rings. The molecule has 0 unspecified atom stereocenters. The molecule has 0 aliphatic heterocycles. The molecule has 0 amide bonds. The molecule has 0 bridgehead atoms. The zero-order valence-corrected chi connectivity index (χ0v) is 33.9. The Kier molecular flexibility index (Phi) is 9.38. The lowest BCUT2D eigenvalue weighted by Crippen LogP contribution is -2.00. The van der Waals surface area contributed by atoms with Crippen LogP contribution in [0.4, 0.5) is 0 Å². The van der Waals surface area contributed by atoms with E-state index in [4.69, 9.17) is 15.0 Å². The van der Waals surface area contributed by atoms with Gasteiger partial charge in [-0.1, -0.05) is 206 Å². The zero-order valence-electron chi connectivity index (χ0n) is 33.1. The van der Waals surface area contributed by atoms with E-state index in [2.05, 4.69) is 212 Å². The van der Waals surface area contributed by atoms with Gasteiger partial charge in [-0.05, 0) is 73.8 Å². The molecular weight excluding hydrogens is 759 g/mol. The zero-order chi connectivity index (χ0) is 40.5. The lowest BCUT2D eigenvalue weighted by Gasteiger charge is -2.12. The number of hydrogen-bond donors (Lipinski definition) is 0. The minimum Gasteiger partial charge on any atom is -0.208 e. The molecular formula is C57H37N3S. The van der Waals surface area contributed by atoms with Gasteiger partial charge in [0.15, 0.2) is 17.5 Å². The van der Waals surface area contributed by atoms with E-state index >= 15 is 0 Å². The van der Waals surface area contributed by atoms with Crippen LogP contribution < -0.4 is 0 Å². The first-order valence-electron chi connectivity index (χ1n) is 20.5. The van der Waals surface area contributed by atoms with Gasteiger partial charge in [0, 0.05) is 36.9 Å². The van der Waals surface area contributed by atoms with Crippen molar-refractivity contribution in [3.05, 3.63) is 224 Å². The van der Waals surface area contributed by atoms with Crippen molar-refractivity contribution in [2.75, 3.05) is 0 Å². The van der Waals surface area contributed by atoms with Gasteiger partial charge in [-0.15, -0.1) is 11.3 Å². The third-order valence-electron chi connectivity index (χ3n) is 11.4. The number of hydrogen-bond acceptors (Lipinski definition) is 4. The Balaban J connectivity index is 1.05. The van der Waals surface area contributed by atoms with Crippen LogP contribution in [0.1, 0.15) is 0 Å². The van der Waals surface area contributed by atoms with Crippen molar-refractivity contribution in [2.24, 2.45) is 0 Å². The van der Waals surface area contributed by atoms with Crippen molar-refractivity contribution in [3.8, 4) is 89.8 Å². The van der Waals surface area contributed by atoms with E-state index in [1.54, 1.807) is 0 Å². The Morgan fingerprint density at radius 2 is 0.656 bits per heavy atom. The Bertz CT molecular complexity index is 3210. The van der Waals surface area contributed by atoms with Crippen LogP contribution in [0.25, 0.3) is 110 Å². The molecule has 3 nitrogen and oxygen atoms in total. The monoisotopic (exact) mass is 795 g/mol. The molecule has 0 saturated heterocycles. The summed E-state index contributed by atoms with van der Waals surface area (Å²) in [6.07, 6.45) is 0. The molecule has 0 spiro atoms. The van der Waals surface area contributed by atoms with E-state index in [-0.39, 0.29) is 0 Å². The highest BCUT2D eigenvalue weighted by Gasteiger charge is 2.18. The van der Waals surface area contributed by atoms with Gasteiger partial charge in [-0.3, -0.25) is 0 Å².